The van der Waals surface area contributed by atoms with Gasteiger partial charge in [0.1, 0.15) is 10.7 Å². The monoisotopic (exact) mass is 317 g/mol. The number of rotatable bonds is 2. The molecule has 0 unspecified atom stereocenters. The average Bonchev–Trinajstić information content (AvgIpc) is 2.52. The lowest BCUT2D eigenvalue weighted by molar-refractivity contribution is -0.535. The fraction of sp³-hybridized carbons (Fsp3) is 0. The van der Waals surface area contributed by atoms with E-state index in [1.807, 2.05) is 0 Å². The number of hydrogen-bond donors (Lipinski definition) is 2. The molecule has 3 rings (SSSR count). The highest BCUT2D eigenvalue weighted by Gasteiger charge is 2.27. The summed E-state index contributed by atoms with van der Waals surface area (Å²) in [4.78, 5) is 23.3. The second-order valence-electron chi connectivity index (χ2n) is 4.78. The maximum atomic E-state index is 12.4. The van der Waals surface area contributed by atoms with Crippen LogP contribution < -0.4 is 10.2 Å². The number of carbonyl (C=O) groups is 1. The van der Waals surface area contributed by atoms with Crippen LogP contribution in [0.4, 0.5) is 5.82 Å². The molecule has 6 nitrogen and oxygen atoms in total. The van der Waals surface area contributed by atoms with Crippen molar-refractivity contribution in [1.29, 1.82) is 0 Å². The van der Waals surface area contributed by atoms with Crippen molar-refractivity contribution in [3.8, 4) is 11.3 Å². The summed E-state index contributed by atoms with van der Waals surface area (Å²) in [6.07, 6.45) is 0.645. The predicted octanol–water partition coefficient (Wildman–Crippen LogP) is 1.80. The van der Waals surface area contributed by atoms with E-state index >= 15 is 0 Å². The lowest BCUT2D eigenvalue weighted by atomic mass is 10.1. The Labute approximate surface area is 129 Å². The molecule has 0 radical (unpaired) electrons. The zero-order valence-corrected chi connectivity index (χ0v) is 12.1. The van der Waals surface area contributed by atoms with E-state index in [-0.39, 0.29) is 22.5 Å². The first-order valence-electron chi connectivity index (χ1n) is 6.40. The molecule has 110 valence electrons. The van der Waals surface area contributed by atoms with Gasteiger partial charge in [-0.2, -0.15) is 4.73 Å². The van der Waals surface area contributed by atoms with Gasteiger partial charge in [0.2, 0.25) is 5.69 Å². The van der Waals surface area contributed by atoms with Crippen molar-refractivity contribution in [1.82, 2.24) is 4.73 Å². The van der Waals surface area contributed by atoms with Gasteiger partial charge in [-0.3, -0.25) is 10.5 Å². The van der Waals surface area contributed by atoms with E-state index in [4.69, 9.17) is 11.6 Å². The molecule has 2 aromatic carbocycles. The Balaban J connectivity index is 2.45. The van der Waals surface area contributed by atoms with Gasteiger partial charge in [-0.1, -0.05) is 23.7 Å². The normalized spacial score (nSPS) is 10.8. The van der Waals surface area contributed by atoms with Crippen molar-refractivity contribution in [2.75, 3.05) is 0 Å². The Morgan fingerprint density at radius 2 is 2.00 bits per heavy atom. The zero-order chi connectivity index (χ0) is 15.9. The molecule has 7 heteroatoms. The molecule has 0 saturated heterocycles. The van der Waals surface area contributed by atoms with Crippen molar-refractivity contribution in [2.24, 2.45) is 0 Å². The van der Waals surface area contributed by atoms with Gasteiger partial charge < -0.3 is 5.21 Å². The van der Waals surface area contributed by atoms with E-state index in [0.29, 0.717) is 26.9 Å². The summed E-state index contributed by atoms with van der Waals surface area (Å²) in [6, 6.07) is 11.1. The van der Waals surface area contributed by atoms with Gasteiger partial charge >= 0.3 is 5.82 Å². The van der Waals surface area contributed by atoms with E-state index in [2.05, 4.69) is 5.73 Å². The molecule has 0 saturated carbocycles. The third-order valence-electron chi connectivity index (χ3n) is 3.41. The van der Waals surface area contributed by atoms with Gasteiger partial charge in [0.05, 0.1) is 0 Å². The maximum absolute atomic E-state index is 12.4. The fourth-order valence-electron chi connectivity index (χ4n) is 2.36. The van der Waals surface area contributed by atoms with E-state index in [1.165, 1.54) is 18.2 Å². The minimum Gasteiger partial charge on any atom is -0.427 e. The highest BCUT2D eigenvalue weighted by atomic mass is 35.5. The minimum absolute atomic E-state index is 0.0797. The number of carbonyl (C=O) groups excluding carboxylic acids is 1. The highest BCUT2D eigenvalue weighted by molar-refractivity contribution is 6.30. The second kappa shape index (κ2) is 5.25. The van der Waals surface area contributed by atoms with Gasteiger partial charge in [0.15, 0.2) is 5.52 Å². The molecule has 3 aromatic rings. The van der Waals surface area contributed by atoms with Crippen LogP contribution in [0.3, 0.4) is 0 Å². The van der Waals surface area contributed by atoms with Crippen LogP contribution in [0.15, 0.2) is 42.5 Å². The summed E-state index contributed by atoms with van der Waals surface area (Å²) in [6.45, 7) is 0. The molecule has 0 aliphatic carbocycles. The number of aldehydes is 1. The Kier molecular flexibility index (Phi) is 3.40. The Morgan fingerprint density at radius 1 is 1.23 bits per heavy atom. The standard InChI is InChI=1S/C15H11ClN3O3/c16-11-3-1-2-10(7-11)14-15(17)19(22)12-5-4-9(8-20)6-13(12)18(14)21/h1-8,21H,17H2/q+1/p+1. The molecule has 22 heavy (non-hydrogen) atoms. The fourth-order valence-corrected chi connectivity index (χ4v) is 2.55. The van der Waals surface area contributed by atoms with Gasteiger partial charge in [-0.05, 0) is 24.3 Å². The SMILES string of the molecule is [NH3+]c1c(-c2cccc(Cl)c2)n(O)c2cc(C=O)ccc2[n+]1=O. The number of benzene rings is 2. The number of halogens is 1. The molecule has 1 heterocycles. The molecule has 0 amide bonds. The topological polar surface area (TPSA) is 92.8 Å². The molecule has 0 atom stereocenters. The molecule has 0 spiro atoms. The van der Waals surface area contributed by atoms with E-state index in [1.54, 1.807) is 24.3 Å². The summed E-state index contributed by atoms with van der Waals surface area (Å²) in [5, 5.41) is 11.0. The van der Waals surface area contributed by atoms with Crippen LogP contribution >= 0.6 is 11.6 Å². The van der Waals surface area contributed by atoms with Crippen LogP contribution in [0.25, 0.3) is 22.3 Å². The van der Waals surface area contributed by atoms with Gasteiger partial charge in [-0.25, -0.2) is 0 Å². The summed E-state index contributed by atoms with van der Waals surface area (Å²) in [7, 11) is 0. The molecular formula is C15H12ClN3O3+2. The van der Waals surface area contributed by atoms with Gasteiger partial charge in [0, 0.05) is 27.1 Å². The molecular weight excluding hydrogens is 306 g/mol. The van der Waals surface area contributed by atoms with Crippen molar-refractivity contribution in [3.63, 3.8) is 0 Å². The lowest BCUT2D eigenvalue weighted by Gasteiger charge is -2.07. The molecule has 0 bridgehead atoms. The first kappa shape index (κ1) is 14.2. The largest absolute Gasteiger partial charge is 0.446 e. The first-order valence-corrected chi connectivity index (χ1v) is 6.78. The van der Waals surface area contributed by atoms with Crippen LogP contribution in [0.2, 0.25) is 5.02 Å². The molecule has 1 aromatic heterocycles. The Bertz CT molecular complexity index is 966. The van der Waals surface area contributed by atoms with Crippen LogP contribution in [0.1, 0.15) is 10.4 Å². The first-order chi connectivity index (χ1) is 10.5. The quantitative estimate of drug-likeness (QED) is 0.429. The van der Waals surface area contributed by atoms with Crippen molar-refractivity contribution >= 4 is 34.7 Å². The number of fused-ring (bicyclic) bond motifs is 1. The second-order valence-corrected chi connectivity index (χ2v) is 5.21. The number of nitrogens with zero attached hydrogens (tertiary/aromatic N) is 2. The highest BCUT2D eigenvalue weighted by Crippen LogP contribution is 2.27. The summed E-state index contributed by atoms with van der Waals surface area (Å²) in [5.74, 6) is 0.0797. The van der Waals surface area contributed by atoms with E-state index < -0.39 is 0 Å². The predicted molar refractivity (Wildman–Crippen MR) is 80.9 cm³/mol. The van der Waals surface area contributed by atoms with E-state index in [0.717, 1.165) is 4.73 Å². The summed E-state index contributed by atoms with van der Waals surface area (Å²) in [5.41, 5.74) is 5.27. The third kappa shape index (κ3) is 2.14. The smallest absolute Gasteiger partial charge is 0.427 e. The maximum Gasteiger partial charge on any atom is 0.446 e. The van der Waals surface area contributed by atoms with Crippen molar-refractivity contribution in [3.05, 3.63) is 58.0 Å². The molecule has 4 N–H and O–H groups in total. The van der Waals surface area contributed by atoms with Crippen molar-refractivity contribution < 1.29 is 20.2 Å². The molecule has 0 aliphatic rings. The van der Waals surface area contributed by atoms with Gasteiger partial charge in [-0.15, -0.1) is 0 Å². The average molecular weight is 318 g/mol. The summed E-state index contributed by atoms with van der Waals surface area (Å²) < 4.78 is 1.47. The molecule has 0 aliphatic heterocycles. The Morgan fingerprint density at radius 3 is 2.68 bits per heavy atom. The number of aromatic nitrogens is 2. The number of hydrogen-bond acceptors (Lipinski definition) is 3. The zero-order valence-electron chi connectivity index (χ0n) is 11.4. The van der Waals surface area contributed by atoms with Gasteiger partial charge in [0.25, 0.3) is 5.52 Å². The Hall–Kier alpha value is -2.70. The van der Waals surface area contributed by atoms with Crippen LogP contribution in [0, 0.1) is 4.91 Å². The van der Waals surface area contributed by atoms with E-state index in [9.17, 15) is 14.9 Å². The third-order valence-corrected chi connectivity index (χ3v) is 3.65. The van der Waals surface area contributed by atoms with Crippen LogP contribution in [-0.4, -0.2) is 16.2 Å². The minimum atomic E-state index is 0.0797. The summed E-state index contributed by atoms with van der Waals surface area (Å²) >= 11 is 5.96. The van der Waals surface area contributed by atoms with Crippen LogP contribution in [-0.2, 0) is 0 Å². The molecule has 0 fully saturated rings. The number of quaternary nitrogens is 1. The van der Waals surface area contributed by atoms with Crippen molar-refractivity contribution in [2.45, 2.75) is 0 Å². The van der Waals surface area contributed by atoms with Crippen LogP contribution in [0.5, 0.6) is 0 Å². The lowest BCUT2D eigenvalue weighted by Crippen LogP contribution is -2.50.